The van der Waals surface area contributed by atoms with Crippen LogP contribution in [0.1, 0.15) is 32.6 Å². The van der Waals surface area contributed by atoms with Crippen LogP contribution >= 0.6 is 0 Å². The minimum atomic E-state index is 0.0902. The average molecular weight is 214 g/mol. The summed E-state index contributed by atoms with van der Waals surface area (Å²) in [5, 5.41) is 9.05. The third kappa shape index (κ3) is 4.18. The van der Waals surface area contributed by atoms with E-state index in [1.54, 1.807) is 0 Å². The lowest BCUT2D eigenvalue weighted by Gasteiger charge is -2.32. The minimum Gasteiger partial charge on any atom is -0.396 e. The predicted octanol–water partition coefficient (Wildman–Crippen LogP) is 0.345. The Morgan fingerprint density at radius 1 is 1.67 bits per heavy atom. The van der Waals surface area contributed by atoms with Crippen molar-refractivity contribution < 1.29 is 9.90 Å². The van der Waals surface area contributed by atoms with E-state index in [-0.39, 0.29) is 24.5 Å². The van der Waals surface area contributed by atoms with Gasteiger partial charge in [0.25, 0.3) is 0 Å². The van der Waals surface area contributed by atoms with Crippen LogP contribution in [-0.2, 0) is 4.79 Å². The molecule has 0 aliphatic carbocycles. The lowest BCUT2D eigenvalue weighted by molar-refractivity contribution is -0.133. The first-order chi connectivity index (χ1) is 7.13. The van der Waals surface area contributed by atoms with Crippen LogP contribution in [0.5, 0.6) is 0 Å². The number of aliphatic hydroxyl groups excluding tert-OH is 1. The number of amides is 1. The van der Waals surface area contributed by atoms with Crippen molar-refractivity contribution in [3.05, 3.63) is 0 Å². The summed E-state index contributed by atoms with van der Waals surface area (Å²) in [6.45, 7) is 3.67. The molecule has 0 aromatic carbocycles. The third-order valence-corrected chi connectivity index (χ3v) is 2.94. The van der Waals surface area contributed by atoms with Gasteiger partial charge < -0.3 is 15.7 Å². The molecule has 0 spiro atoms. The standard InChI is InChI=1S/C11H22N2O2/c1-9(12)4-5-11(15)13-6-2-3-10(7-13)8-14/h9-10,14H,2-8,12H2,1H3. The number of likely N-dealkylation sites (tertiary alicyclic amines) is 1. The Hall–Kier alpha value is -0.610. The fourth-order valence-corrected chi connectivity index (χ4v) is 1.95. The van der Waals surface area contributed by atoms with E-state index >= 15 is 0 Å². The molecule has 1 saturated heterocycles. The summed E-state index contributed by atoms with van der Waals surface area (Å²) in [6.07, 6.45) is 3.33. The zero-order valence-electron chi connectivity index (χ0n) is 9.48. The molecule has 3 N–H and O–H groups in total. The van der Waals surface area contributed by atoms with Crippen LogP contribution in [0.25, 0.3) is 0 Å². The van der Waals surface area contributed by atoms with E-state index in [2.05, 4.69) is 0 Å². The summed E-state index contributed by atoms with van der Waals surface area (Å²) in [5.41, 5.74) is 5.61. The highest BCUT2D eigenvalue weighted by Gasteiger charge is 2.22. The number of nitrogens with zero attached hydrogens (tertiary/aromatic N) is 1. The molecule has 0 radical (unpaired) electrons. The molecule has 0 aromatic heterocycles. The van der Waals surface area contributed by atoms with Crippen molar-refractivity contribution in [1.82, 2.24) is 4.90 Å². The maximum Gasteiger partial charge on any atom is 0.222 e. The molecule has 1 fully saturated rings. The molecular weight excluding hydrogens is 192 g/mol. The molecule has 1 rings (SSSR count). The summed E-state index contributed by atoms with van der Waals surface area (Å²) in [4.78, 5) is 13.6. The van der Waals surface area contributed by atoms with Crippen molar-refractivity contribution in [2.75, 3.05) is 19.7 Å². The number of piperidine rings is 1. The Morgan fingerprint density at radius 2 is 2.40 bits per heavy atom. The fraction of sp³-hybridized carbons (Fsp3) is 0.909. The van der Waals surface area contributed by atoms with Crippen molar-refractivity contribution in [3.63, 3.8) is 0 Å². The maximum atomic E-state index is 11.8. The van der Waals surface area contributed by atoms with E-state index < -0.39 is 0 Å². The second-order valence-electron chi connectivity index (χ2n) is 4.55. The van der Waals surface area contributed by atoms with Crippen molar-refractivity contribution in [1.29, 1.82) is 0 Å². The van der Waals surface area contributed by atoms with Gasteiger partial charge in [0.15, 0.2) is 0 Å². The normalized spacial score (nSPS) is 23.9. The monoisotopic (exact) mass is 214 g/mol. The highest BCUT2D eigenvalue weighted by molar-refractivity contribution is 5.76. The van der Waals surface area contributed by atoms with E-state index in [4.69, 9.17) is 10.8 Å². The lowest BCUT2D eigenvalue weighted by Crippen LogP contribution is -2.41. The van der Waals surface area contributed by atoms with Gasteiger partial charge in [-0.05, 0) is 32.1 Å². The molecule has 0 aromatic rings. The first kappa shape index (κ1) is 12.5. The Morgan fingerprint density at radius 3 is 3.00 bits per heavy atom. The first-order valence-corrected chi connectivity index (χ1v) is 5.77. The number of hydrogen-bond acceptors (Lipinski definition) is 3. The zero-order chi connectivity index (χ0) is 11.3. The molecule has 1 aliphatic heterocycles. The molecule has 4 nitrogen and oxygen atoms in total. The van der Waals surface area contributed by atoms with Gasteiger partial charge in [0, 0.05) is 32.2 Å². The van der Waals surface area contributed by atoms with Crippen molar-refractivity contribution >= 4 is 5.91 Å². The summed E-state index contributed by atoms with van der Waals surface area (Å²) >= 11 is 0. The molecule has 4 heteroatoms. The molecule has 2 unspecified atom stereocenters. The van der Waals surface area contributed by atoms with Gasteiger partial charge in [0.2, 0.25) is 5.91 Å². The molecule has 1 heterocycles. The third-order valence-electron chi connectivity index (χ3n) is 2.94. The smallest absolute Gasteiger partial charge is 0.222 e. The highest BCUT2D eigenvalue weighted by Crippen LogP contribution is 2.16. The Kier molecular flexibility index (Phi) is 5.05. The summed E-state index contributed by atoms with van der Waals surface area (Å²) < 4.78 is 0. The summed E-state index contributed by atoms with van der Waals surface area (Å²) in [6, 6.07) is 0.0902. The number of carbonyl (C=O) groups is 1. The summed E-state index contributed by atoms with van der Waals surface area (Å²) in [7, 11) is 0. The minimum absolute atomic E-state index is 0.0902. The van der Waals surface area contributed by atoms with Gasteiger partial charge in [-0.25, -0.2) is 0 Å². The van der Waals surface area contributed by atoms with Crippen molar-refractivity contribution in [3.8, 4) is 0 Å². The van der Waals surface area contributed by atoms with Gasteiger partial charge in [-0.15, -0.1) is 0 Å². The lowest BCUT2D eigenvalue weighted by atomic mass is 9.98. The maximum absolute atomic E-state index is 11.8. The number of nitrogens with two attached hydrogens (primary N) is 1. The molecule has 88 valence electrons. The van der Waals surface area contributed by atoms with Gasteiger partial charge in [-0.1, -0.05) is 0 Å². The molecule has 0 bridgehead atoms. The second-order valence-corrected chi connectivity index (χ2v) is 4.55. The van der Waals surface area contributed by atoms with E-state index in [1.807, 2.05) is 11.8 Å². The van der Waals surface area contributed by atoms with Gasteiger partial charge >= 0.3 is 0 Å². The van der Waals surface area contributed by atoms with Gasteiger partial charge in [0.05, 0.1) is 0 Å². The van der Waals surface area contributed by atoms with Crippen molar-refractivity contribution in [2.24, 2.45) is 11.7 Å². The van der Waals surface area contributed by atoms with Crippen LogP contribution in [-0.4, -0.2) is 41.7 Å². The summed E-state index contributed by atoms with van der Waals surface area (Å²) in [5.74, 6) is 0.462. The molecule has 15 heavy (non-hydrogen) atoms. The first-order valence-electron chi connectivity index (χ1n) is 5.77. The SMILES string of the molecule is CC(N)CCC(=O)N1CCCC(CO)C1. The largest absolute Gasteiger partial charge is 0.396 e. The molecule has 0 saturated carbocycles. The highest BCUT2D eigenvalue weighted by atomic mass is 16.3. The fourth-order valence-electron chi connectivity index (χ4n) is 1.95. The molecular formula is C11H22N2O2. The van der Waals surface area contributed by atoms with E-state index in [1.165, 1.54) is 0 Å². The topological polar surface area (TPSA) is 66.6 Å². The number of hydrogen-bond donors (Lipinski definition) is 2. The van der Waals surface area contributed by atoms with Crippen LogP contribution in [0.3, 0.4) is 0 Å². The van der Waals surface area contributed by atoms with Crippen molar-refractivity contribution in [2.45, 2.75) is 38.6 Å². The van der Waals surface area contributed by atoms with Crippen LogP contribution in [0.15, 0.2) is 0 Å². The molecule has 1 aliphatic rings. The van der Waals surface area contributed by atoms with E-state index in [9.17, 15) is 4.79 Å². The Labute approximate surface area is 91.4 Å². The van der Waals surface area contributed by atoms with Gasteiger partial charge in [-0.2, -0.15) is 0 Å². The second kappa shape index (κ2) is 6.08. The van der Waals surface area contributed by atoms with Crippen LogP contribution in [0.4, 0.5) is 0 Å². The van der Waals surface area contributed by atoms with E-state index in [0.717, 1.165) is 25.8 Å². The quantitative estimate of drug-likeness (QED) is 0.709. The van der Waals surface area contributed by atoms with E-state index in [0.29, 0.717) is 13.0 Å². The van der Waals surface area contributed by atoms with Gasteiger partial charge in [-0.3, -0.25) is 4.79 Å². The Balaban J connectivity index is 2.32. The number of carbonyl (C=O) groups excluding carboxylic acids is 1. The number of rotatable bonds is 4. The van der Waals surface area contributed by atoms with Crippen LogP contribution in [0.2, 0.25) is 0 Å². The average Bonchev–Trinajstić information content (AvgIpc) is 2.26. The van der Waals surface area contributed by atoms with Gasteiger partial charge in [0.1, 0.15) is 0 Å². The van der Waals surface area contributed by atoms with Crippen LogP contribution in [0, 0.1) is 5.92 Å². The van der Waals surface area contributed by atoms with Crippen LogP contribution < -0.4 is 5.73 Å². The number of aliphatic hydroxyl groups is 1. The Bertz CT molecular complexity index is 207. The predicted molar refractivity (Wildman–Crippen MR) is 59.3 cm³/mol. The molecule has 2 atom stereocenters. The zero-order valence-corrected chi connectivity index (χ0v) is 9.48. The molecule has 1 amide bonds.